The van der Waals surface area contributed by atoms with E-state index < -0.39 is 0 Å². The summed E-state index contributed by atoms with van der Waals surface area (Å²) in [5.41, 5.74) is 6.86. The van der Waals surface area contributed by atoms with Crippen LogP contribution in [0.5, 0.6) is 5.88 Å². The highest BCUT2D eigenvalue weighted by atomic mass is 32.1. The molecule has 0 saturated heterocycles. The van der Waals surface area contributed by atoms with E-state index in [1.807, 2.05) is 12.1 Å². The first kappa shape index (κ1) is 16.3. The summed E-state index contributed by atoms with van der Waals surface area (Å²) in [5, 5.41) is 5.20. The van der Waals surface area contributed by atoms with Crippen LogP contribution in [0.25, 0.3) is 0 Å². The van der Waals surface area contributed by atoms with Gasteiger partial charge in [-0.2, -0.15) is 0 Å². The molecule has 118 valence electrons. The van der Waals surface area contributed by atoms with Gasteiger partial charge in [0.25, 0.3) is 0 Å². The molecule has 0 aliphatic heterocycles. The summed E-state index contributed by atoms with van der Waals surface area (Å²) >= 11 is 1.75. The highest BCUT2D eigenvalue weighted by Crippen LogP contribution is 2.09. The summed E-state index contributed by atoms with van der Waals surface area (Å²) < 4.78 is 5.44. The lowest BCUT2D eigenvalue weighted by Crippen LogP contribution is -2.33. The Morgan fingerprint density at radius 2 is 2.32 bits per heavy atom. The fraction of sp³-hybridized carbons (Fsp3) is 0.375. The molecule has 0 fully saturated rings. The molecule has 0 amide bonds. The van der Waals surface area contributed by atoms with Crippen LogP contribution in [-0.4, -0.2) is 24.1 Å². The molecule has 2 heterocycles. The lowest BCUT2D eigenvalue weighted by atomic mass is 10.3. The van der Waals surface area contributed by atoms with Crippen molar-refractivity contribution < 1.29 is 4.74 Å². The Bertz CT molecular complexity index is 566. The van der Waals surface area contributed by atoms with Gasteiger partial charge in [-0.05, 0) is 29.9 Å². The molecule has 0 saturated carbocycles. The third-order valence-electron chi connectivity index (χ3n) is 2.94. The summed E-state index contributed by atoms with van der Waals surface area (Å²) in [6.07, 6.45) is 3.70. The van der Waals surface area contributed by atoms with E-state index in [9.17, 15) is 0 Å². The summed E-state index contributed by atoms with van der Waals surface area (Å²) in [5.74, 6) is 1.11. The van der Waals surface area contributed by atoms with Crippen molar-refractivity contribution in [3.05, 3.63) is 46.3 Å². The number of aromatic nitrogens is 1. The normalized spacial score (nSPS) is 11.4. The van der Waals surface area contributed by atoms with Crippen LogP contribution in [0.2, 0.25) is 0 Å². The van der Waals surface area contributed by atoms with Gasteiger partial charge >= 0.3 is 0 Å². The fourth-order valence-electron chi connectivity index (χ4n) is 1.80. The summed E-state index contributed by atoms with van der Waals surface area (Å²) in [4.78, 5) is 9.89. The molecular formula is C16H22N4OS. The maximum absolute atomic E-state index is 5.85. The Morgan fingerprint density at radius 3 is 3.00 bits per heavy atom. The second-order valence-electron chi connectivity index (χ2n) is 4.81. The molecule has 0 spiro atoms. The zero-order valence-electron chi connectivity index (χ0n) is 12.8. The quantitative estimate of drug-likeness (QED) is 0.579. The number of nitrogens with zero attached hydrogens (tertiary/aromatic N) is 2. The lowest BCUT2D eigenvalue weighted by Gasteiger charge is -2.05. The molecule has 0 aliphatic rings. The third-order valence-corrected chi connectivity index (χ3v) is 3.88. The van der Waals surface area contributed by atoms with E-state index in [-0.39, 0.29) is 0 Å². The molecule has 2 aromatic heterocycles. The number of ether oxygens (including phenoxy) is 1. The monoisotopic (exact) mass is 318 g/mol. The van der Waals surface area contributed by atoms with Crippen LogP contribution in [0.4, 0.5) is 0 Å². The van der Waals surface area contributed by atoms with Gasteiger partial charge in [0, 0.05) is 23.7 Å². The van der Waals surface area contributed by atoms with Crippen molar-refractivity contribution >= 4 is 17.3 Å². The van der Waals surface area contributed by atoms with Gasteiger partial charge in [0.1, 0.15) is 0 Å². The zero-order valence-corrected chi connectivity index (χ0v) is 13.6. The number of rotatable bonds is 8. The average Bonchev–Trinajstić information content (AvgIpc) is 3.05. The number of thiophene rings is 1. The highest BCUT2D eigenvalue weighted by molar-refractivity contribution is 7.09. The highest BCUT2D eigenvalue weighted by Gasteiger charge is 1.98. The van der Waals surface area contributed by atoms with Gasteiger partial charge in [0.05, 0.1) is 13.2 Å². The molecule has 0 unspecified atom stereocenters. The van der Waals surface area contributed by atoms with Gasteiger partial charge < -0.3 is 15.8 Å². The summed E-state index contributed by atoms with van der Waals surface area (Å²) in [6, 6.07) is 7.99. The van der Waals surface area contributed by atoms with Crippen LogP contribution in [0.3, 0.4) is 0 Å². The average molecular weight is 318 g/mol. The van der Waals surface area contributed by atoms with Gasteiger partial charge in [-0.1, -0.05) is 19.1 Å². The number of hydrogen-bond acceptors (Lipinski definition) is 4. The number of guanidine groups is 1. The molecule has 0 aliphatic carbocycles. The van der Waals surface area contributed by atoms with Gasteiger partial charge in [-0.25, -0.2) is 9.98 Å². The van der Waals surface area contributed by atoms with E-state index >= 15 is 0 Å². The molecule has 0 atom stereocenters. The Labute approximate surface area is 135 Å². The first-order valence-corrected chi connectivity index (χ1v) is 8.30. The zero-order chi connectivity index (χ0) is 15.6. The van der Waals surface area contributed by atoms with E-state index in [0.717, 1.165) is 24.9 Å². The van der Waals surface area contributed by atoms with Crippen molar-refractivity contribution in [2.24, 2.45) is 10.7 Å². The van der Waals surface area contributed by atoms with Crippen LogP contribution in [0.15, 0.2) is 40.8 Å². The Balaban J connectivity index is 1.72. The molecule has 2 aromatic rings. The standard InChI is InChI=1S/C16H22N4OS/c1-2-9-21-15-6-5-13(11-19-15)12-20-16(17)18-8-7-14-4-3-10-22-14/h3-6,10-11H,2,7-9,12H2,1H3,(H3,17,18,20). The molecule has 3 N–H and O–H groups in total. The molecule has 0 aromatic carbocycles. The van der Waals surface area contributed by atoms with Crippen molar-refractivity contribution in [2.45, 2.75) is 26.3 Å². The van der Waals surface area contributed by atoms with E-state index in [1.165, 1.54) is 4.88 Å². The second kappa shape index (κ2) is 9.04. The summed E-state index contributed by atoms with van der Waals surface area (Å²) in [7, 11) is 0. The first-order chi connectivity index (χ1) is 10.8. The molecule has 6 heteroatoms. The van der Waals surface area contributed by atoms with Gasteiger partial charge in [-0.3, -0.25) is 0 Å². The van der Waals surface area contributed by atoms with Crippen molar-refractivity contribution in [3.63, 3.8) is 0 Å². The minimum atomic E-state index is 0.461. The van der Waals surface area contributed by atoms with Crippen LogP contribution in [0.1, 0.15) is 23.8 Å². The maximum Gasteiger partial charge on any atom is 0.213 e. The molecule has 0 bridgehead atoms. The smallest absolute Gasteiger partial charge is 0.213 e. The number of hydrogen-bond donors (Lipinski definition) is 2. The maximum atomic E-state index is 5.85. The van der Waals surface area contributed by atoms with E-state index in [4.69, 9.17) is 10.5 Å². The Morgan fingerprint density at radius 1 is 1.41 bits per heavy atom. The number of pyridine rings is 1. The van der Waals surface area contributed by atoms with Crippen molar-refractivity contribution in [1.82, 2.24) is 10.3 Å². The van der Waals surface area contributed by atoms with E-state index in [0.29, 0.717) is 25.0 Å². The fourth-order valence-corrected chi connectivity index (χ4v) is 2.51. The first-order valence-electron chi connectivity index (χ1n) is 7.42. The molecule has 5 nitrogen and oxygen atoms in total. The molecule has 2 rings (SSSR count). The molecule has 22 heavy (non-hydrogen) atoms. The van der Waals surface area contributed by atoms with Crippen LogP contribution in [-0.2, 0) is 13.0 Å². The van der Waals surface area contributed by atoms with Crippen LogP contribution >= 0.6 is 11.3 Å². The van der Waals surface area contributed by atoms with Gasteiger partial charge in [-0.15, -0.1) is 11.3 Å². The van der Waals surface area contributed by atoms with E-state index in [1.54, 1.807) is 17.5 Å². The predicted octanol–water partition coefficient (Wildman–Crippen LogP) is 2.58. The predicted molar refractivity (Wildman–Crippen MR) is 91.4 cm³/mol. The van der Waals surface area contributed by atoms with Gasteiger partial charge in [0.15, 0.2) is 5.96 Å². The third kappa shape index (κ3) is 5.73. The Hall–Kier alpha value is -2.08. The second-order valence-corrected chi connectivity index (χ2v) is 5.84. The number of aliphatic imine (C=N–C) groups is 1. The topological polar surface area (TPSA) is 72.5 Å². The number of nitrogens with one attached hydrogen (secondary N) is 1. The SMILES string of the molecule is CCCOc1ccc(CN=C(N)NCCc2cccs2)cn1. The van der Waals surface area contributed by atoms with Crippen LogP contribution < -0.4 is 15.8 Å². The van der Waals surface area contributed by atoms with Gasteiger partial charge in [0.2, 0.25) is 5.88 Å². The minimum absolute atomic E-state index is 0.461. The van der Waals surface area contributed by atoms with Crippen molar-refractivity contribution in [3.8, 4) is 5.88 Å². The minimum Gasteiger partial charge on any atom is -0.478 e. The molecule has 0 radical (unpaired) electrons. The van der Waals surface area contributed by atoms with Crippen molar-refractivity contribution in [2.75, 3.05) is 13.2 Å². The Kier molecular flexibility index (Phi) is 6.70. The van der Waals surface area contributed by atoms with Crippen LogP contribution in [0, 0.1) is 0 Å². The lowest BCUT2D eigenvalue weighted by molar-refractivity contribution is 0.305. The number of nitrogens with two attached hydrogens (primary N) is 1. The molecular weight excluding hydrogens is 296 g/mol. The van der Waals surface area contributed by atoms with E-state index in [2.05, 4.69) is 39.7 Å². The summed E-state index contributed by atoms with van der Waals surface area (Å²) in [6.45, 7) is 4.06. The largest absolute Gasteiger partial charge is 0.478 e. The van der Waals surface area contributed by atoms with Crippen molar-refractivity contribution in [1.29, 1.82) is 0 Å².